The third-order valence-electron chi connectivity index (χ3n) is 4.85. The minimum Gasteiger partial charge on any atom is -0.350 e. The van der Waals surface area contributed by atoms with Crippen molar-refractivity contribution in [1.82, 2.24) is 20.9 Å². The number of halogens is 1. The molecule has 3 N–H and O–H groups in total. The van der Waals surface area contributed by atoms with Crippen LogP contribution in [0.1, 0.15) is 17.5 Å². The summed E-state index contributed by atoms with van der Waals surface area (Å²) in [5.74, 6) is -0.996. The van der Waals surface area contributed by atoms with E-state index in [0.717, 1.165) is 15.8 Å². The summed E-state index contributed by atoms with van der Waals surface area (Å²) in [6.45, 7) is 5.04. The van der Waals surface area contributed by atoms with E-state index in [-0.39, 0.29) is 36.7 Å². The van der Waals surface area contributed by atoms with Crippen LogP contribution in [0.5, 0.6) is 0 Å². The molecule has 3 rings (SSSR count). The standard InChI is InChI=1S/C24H25ClN4O3S/c1-3-22(31)26-14-18(11-16-7-5-4-6-8-16)28-24(32)20(27-15(2)30)13-23-29-19-10-9-17(25)12-21(19)33-23/h3-10,12,18,20H,1,11,13-14H2,2H3,(H,26,31)(H,27,30)(H,28,32)/t18-,20-/m0/s1. The van der Waals surface area contributed by atoms with E-state index in [0.29, 0.717) is 16.5 Å². The minimum absolute atomic E-state index is 0.220. The van der Waals surface area contributed by atoms with Crippen molar-refractivity contribution in [3.05, 3.63) is 76.8 Å². The zero-order valence-corrected chi connectivity index (χ0v) is 19.7. The predicted molar refractivity (Wildman–Crippen MR) is 131 cm³/mol. The van der Waals surface area contributed by atoms with Crippen LogP contribution in [0, 0.1) is 0 Å². The highest BCUT2D eigenvalue weighted by Crippen LogP contribution is 2.26. The van der Waals surface area contributed by atoms with Gasteiger partial charge < -0.3 is 16.0 Å². The Balaban J connectivity index is 1.75. The Labute approximate surface area is 201 Å². The van der Waals surface area contributed by atoms with Crippen LogP contribution in [-0.4, -0.2) is 41.3 Å². The Morgan fingerprint density at radius 3 is 2.58 bits per heavy atom. The van der Waals surface area contributed by atoms with Crippen LogP contribution < -0.4 is 16.0 Å². The van der Waals surface area contributed by atoms with Gasteiger partial charge in [-0.3, -0.25) is 14.4 Å². The predicted octanol–water partition coefficient (Wildman–Crippen LogP) is 3.03. The maximum Gasteiger partial charge on any atom is 0.243 e. The molecule has 9 heteroatoms. The van der Waals surface area contributed by atoms with Crippen molar-refractivity contribution in [2.45, 2.75) is 31.8 Å². The average molecular weight is 485 g/mol. The lowest BCUT2D eigenvalue weighted by Gasteiger charge is -2.23. The Hall–Kier alpha value is -3.23. The number of rotatable bonds is 10. The fourth-order valence-corrected chi connectivity index (χ4v) is 4.62. The molecule has 1 heterocycles. The van der Waals surface area contributed by atoms with Crippen molar-refractivity contribution in [3.8, 4) is 0 Å². The van der Waals surface area contributed by atoms with E-state index >= 15 is 0 Å². The van der Waals surface area contributed by atoms with E-state index in [9.17, 15) is 14.4 Å². The smallest absolute Gasteiger partial charge is 0.243 e. The number of hydrogen-bond acceptors (Lipinski definition) is 5. The van der Waals surface area contributed by atoms with E-state index < -0.39 is 6.04 Å². The maximum absolute atomic E-state index is 13.2. The van der Waals surface area contributed by atoms with Crippen LogP contribution in [0.3, 0.4) is 0 Å². The van der Waals surface area contributed by atoms with Gasteiger partial charge in [0.15, 0.2) is 0 Å². The third-order valence-corrected chi connectivity index (χ3v) is 6.12. The lowest BCUT2D eigenvalue weighted by molar-refractivity contribution is -0.128. The molecule has 3 amide bonds. The Morgan fingerprint density at radius 2 is 1.88 bits per heavy atom. The number of fused-ring (bicyclic) bond motifs is 1. The summed E-state index contributed by atoms with van der Waals surface area (Å²) in [7, 11) is 0. The minimum atomic E-state index is -0.813. The van der Waals surface area contributed by atoms with Gasteiger partial charge in [0, 0.05) is 24.9 Å². The van der Waals surface area contributed by atoms with Gasteiger partial charge in [-0.1, -0.05) is 48.5 Å². The second-order valence-electron chi connectivity index (χ2n) is 7.52. The number of nitrogens with zero attached hydrogens (tertiary/aromatic N) is 1. The van der Waals surface area contributed by atoms with Crippen LogP contribution in [0.2, 0.25) is 5.02 Å². The third kappa shape index (κ3) is 7.40. The van der Waals surface area contributed by atoms with Gasteiger partial charge in [0.05, 0.1) is 21.3 Å². The number of carbonyl (C=O) groups excluding carboxylic acids is 3. The molecule has 0 aliphatic rings. The highest BCUT2D eigenvalue weighted by molar-refractivity contribution is 7.18. The molecule has 0 aliphatic heterocycles. The lowest BCUT2D eigenvalue weighted by atomic mass is 10.0. The molecule has 2 aromatic carbocycles. The highest BCUT2D eigenvalue weighted by atomic mass is 35.5. The normalized spacial score (nSPS) is 12.5. The van der Waals surface area contributed by atoms with Gasteiger partial charge in [-0.05, 0) is 36.3 Å². The first-order valence-corrected chi connectivity index (χ1v) is 11.6. The topological polar surface area (TPSA) is 100 Å². The van der Waals surface area contributed by atoms with Gasteiger partial charge in [0.2, 0.25) is 17.7 Å². The molecule has 172 valence electrons. The van der Waals surface area contributed by atoms with Crippen molar-refractivity contribution in [2.75, 3.05) is 6.54 Å². The van der Waals surface area contributed by atoms with Crippen molar-refractivity contribution < 1.29 is 14.4 Å². The maximum atomic E-state index is 13.2. The Bertz CT molecular complexity index is 1150. The summed E-state index contributed by atoms with van der Waals surface area (Å²) in [6, 6.07) is 13.9. The lowest BCUT2D eigenvalue weighted by Crippen LogP contribution is -2.53. The first-order chi connectivity index (χ1) is 15.8. The number of aromatic nitrogens is 1. The molecule has 0 unspecified atom stereocenters. The van der Waals surface area contributed by atoms with Crippen molar-refractivity contribution >= 4 is 50.9 Å². The van der Waals surface area contributed by atoms with Gasteiger partial charge in [-0.15, -0.1) is 11.3 Å². The van der Waals surface area contributed by atoms with Crippen LogP contribution in [0.25, 0.3) is 10.2 Å². The molecule has 3 aromatic rings. The summed E-state index contributed by atoms with van der Waals surface area (Å²) < 4.78 is 0.911. The SMILES string of the molecule is C=CC(=O)NC[C@H](Cc1ccccc1)NC(=O)[C@H](Cc1nc2ccc(Cl)cc2s1)NC(C)=O. The molecule has 0 saturated heterocycles. The molecule has 0 aliphatic carbocycles. The van der Waals surface area contributed by atoms with Crippen LogP contribution in [0.15, 0.2) is 61.2 Å². The van der Waals surface area contributed by atoms with Gasteiger partial charge in [-0.2, -0.15) is 0 Å². The fraction of sp³-hybridized carbons (Fsp3) is 0.250. The van der Waals surface area contributed by atoms with E-state index in [1.165, 1.54) is 24.3 Å². The van der Waals surface area contributed by atoms with Crippen LogP contribution in [0.4, 0.5) is 0 Å². The molecule has 0 radical (unpaired) electrons. The van der Waals surface area contributed by atoms with Crippen LogP contribution >= 0.6 is 22.9 Å². The highest BCUT2D eigenvalue weighted by Gasteiger charge is 2.24. The number of amides is 3. The van der Waals surface area contributed by atoms with Crippen molar-refractivity contribution in [2.24, 2.45) is 0 Å². The van der Waals surface area contributed by atoms with Gasteiger partial charge in [0.1, 0.15) is 6.04 Å². The molecule has 7 nitrogen and oxygen atoms in total. The summed E-state index contributed by atoms with van der Waals surface area (Å²) in [4.78, 5) is 41.2. The molecule has 2 atom stereocenters. The molecule has 0 fully saturated rings. The van der Waals surface area contributed by atoms with Crippen molar-refractivity contribution in [3.63, 3.8) is 0 Å². The first kappa shape index (κ1) is 24.4. The van der Waals surface area contributed by atoms with E-state index in [2.05, 4.69) is 27.5 Å². The van der Waals surface area contributed by atoms with Gasteiger partial charge in [-0.25, -0.2) is 4.98 Å². The zero-order chi connectivity index (χ0) is 23.8. The van der Waals surface area contributed by atoms with E-state index in [1.807, 2.05) is 42.5 Å². The van der Waals surface area contributed by atoms with Gasteiger partial charge in [0.25, 0.3) is 0 Å². The molecule has 0 saturated carbocycles. The van der Waals surface area contributed by atoms with E-state index in [1.54, 1.807) is 6.07 Å². The van der Waals surface area contributed by atoms with Crippen molar-refractivity contribution in [1.29, 1.82) is 0 Å². The number of hydrogen-bond donors (Lipinski definition) is 3. The second-order valence-corrected chi connectivity index (χ2v) is 9.07. The fourth-order valence-electron chi connectivity index (χ4n) is 3.33. The molecule has 0 bridgehead atoms. The molecular formula is C24H25ClN4O3S. The average Bonchev–Trinajstić information content (AvgIpc) is 3.18. The molecular weight excluding hydrogens is 460 g/mol. The largest absolute Gasteiger partial charge is 0.350 e. The number of carbonyl (C=O) groups is 3. The monoisotopic (exact) mass is 484 g/mol. The second kappa shape index (κ2) is 11.6. The Morgan fingerprint density at radius 1 is 1.12 bits per heavy atom. The quantitative estimate of drug-likeness (QED) is 0.385. The molecule has 0 spiro atoms. The summed E-state index contributed by atoms with van der Waals surface area (Å²) in [5.41, 5.74) is 1.80. The zero-order valence-electron chi connectivity index (χ0n) is 18.1. The number of nitrogens with one attached hydrogen (secondary N) is 3. The number of thiazole rings is 1. The molecule has 1 aromatic heterocycles. The summed E-state index contributed by atoms with van der Waals surface area (Å²) >= 11 is 7.49. The molecule has 33 heavy (non-hydrogen) atoms. The summed E-state index contributed by atoms with van der Waals surface area (Å²) in [5, 5.41) is 9.73. The van der Waals surface area contributed by atoms with Gasteiger partial charge >= 0.3 is 0 Å². The van der Waals surface area contributed by atoms with Crippen LogP contribution in [-0.2, 0) is 27.2 Å². The van der Waals surface area contributed by atoms with E-state index in [4.69, 9.17) is 11.6 Å². The first-order valence-electron chi connectivity index (χ1n) is 10.4. The Kier molecular flexibility index (Phi) is 8.57. The number of benzene rings is 2. The summed E-state index contributed by atoms with van der Waals surface area (Å²) in [6.07, 6.45) is 1.93.